The lowest BCUT2D eigenvalue weighted by atomic mass is 10.3. The Morgan fingerprint density at radius 2 is 2.29 bits per heavy atom. The molecular formula is C11H12BrN3OS. The number of rotatable bonds is 3. The van der Waals surface area contributed by atoms with Crippen molar-refractivity contribution >= 4 is 38.9 Å². The number of aryl methyl sites for hydroxylation is 2. The Balaban J connectivity index is 2.03. The molecule has 0 atom stereocenters. The van der Waals surface area contributed by atoms with Crippen molar-refractivity contribution in [3.8, 4) is 0 Å². The van der Waals surface area contributed by atoms with Crippen molar-refractivity contribution in [1.29, 1.82) is 0 Å². The number of hydrogen-bond donors (Lipinski definition) is 2. The number of aromatic nitrogens is 2. The number of halogens is 1. The number of amides is 1. The van der Waals surface area contributed by atoms with Gasteiger partial charge in [0.2, 0.25) is 5.91 Å². The first-order valence-corrected chi connectivity index (χ1v) is 6.73. The van der Waals surface area contributed by atoms with Crippen LogP contribution in [-0.4, -0.2) is 16.1 Å². The van der Waals surface area contributed by atoms with Crippen LogP contribution in [0.1, 0.15) is 16.3 Å². The number of carbonyl (C=O) groups excluding carboxylic acids is 1. The van der Waals surface area contributed by atoms with Gasteiger partial charge in [-0.1, -0.05) is 0 Å². The summed E-state index contributed by atoms with van der Waals surface area (Å²) in [4.78, 5) is 12.9. The van der Waals surface area contributed by atoms with Gasteiger partial charge in [-0.25, -0.2) is 0 Å². The van der Waals surface area contributed by atoms with Crippen molar-refractivity contribution in [2.24, 2.45) is 0 Å². The highest BCUT2D eigenvalue weighted by molar-refractivity contribution is 9.11. The highest BCUT2D eigenvalue weighted by Gasteiger charge is 2.11. The molecule has 0 aliphatic heterocycles. The molecule has 2 heterocycles. The third-order valence-electron chi connectivity index (χ3n) is 2.36. The lowest BCUT2D eigenvalue weighted by molar-refractivity contribution is -0.115. The first-order chi connectivity index (χ1) is 8.06. The topological polar surface area (TPSA) is 57.8 Å². The molecule has 2 aromatic heterocycles. The summed E-state index contributed by atoms with van der Waals surface area (Å²) < 4.78 is 1.04. The molecule has 1 amide bonds. The molecule has 6 heteroatoms. The third-order valence-corrected chi connectivity index (χ3v) is 3.98. The summed E-state index contributed by atoms with van der Waals surface area (Å²) in [7, 11) is 0. The van der Waals surface area contributed by atoms with Crippen molar-refractivity contribution in [3.63, 3.8) is 0 Å². The second-order valence-corrected chi connectivity index (χ2v) is 6.29. The number of nitrogens with zero attached hydrogens (tertiary/aromatic N) is 1. The van der Waals surface area contributed by atoms with Crippen LogP contribution in [0.5, 0.6) is 0 Å². The van der Waals surface area contributed by atoms with Crippen LogP contribution in [0.25, 0.3) is 0 Å². The largest absolute Gasteiger partial charge is 0.323 e. The Labute approximate surface area is 112 Å². The van der Waals surface area contributed by atoms with Gasteiger partial charge in [-0.05, 0) is 41.9 Å². The molecule has 0 fully saturated rings. The quantitative estimate of drug-likeness (QED) is 0.915. The first kappa shape index (κ1) is 12.3. The zero-order valence-corrected chi connectivity index (χ0v) is 11.9. The Hall–Kier alpha value is -1.14. The molecule has 2 rings (SSSR count). The Morgan fingerprint density at radius 1 is 1.53 bits per heavy atom. The summed E-state index contributed by atoms with van der Waals surface area (Å²) in [5.41, 5.74) is 2.47. The van der Waals surface area contributed by atoms with Crippen LogP contribution in [0, 0.1) is 13.8 Å². The molecule has 0 bridgehead atoms. The number of carbonyl (C=O) groups is 1. The van der Waals surface area contributed by atoms with E-state index in [1.165, 1.54) is 0 Å². The van der Waals surface area contributed by atoms with E-state index in [2.05, 4.69) is 31.4 Å². The van der Waals surface area contributed by atoms with E-state index in [0.29, 0.717) is 6.42 Å². The zero-order chi connectivity index (χ0) is 12.4. The maximum Gasteiger partial charge on any atom is 0.229 e. The summed E-state index contributed by atoms with van der Waals surface area (Å²) >= 11 is 4.95. The predicted molar refractivity (Wildman–Crippen MR) is 72.4 cm³/mol. The minimum Gasteiger partial charge on any atom is -0.323 e. The number of hydrogen-bond acceptors (Lipinski definition) is 3. The van der Waals surface area contributed by atoms with E-state index in [4.69, 9.17) is 0 Å². The smallest absolute Gasteiger partial charge is 0.229 e. The summed E-state index contributed by atoms with van der Waals surface area (Å²) in [5.74, 6) is -0.0213. The van der Waals surface area contributed by atoms with E-state index in [1.54, 1.807) is 11.3 Å². The third kappa shape index (κ3) is 2.95. The molecule has 90 valence electrons. The molecule has 4 nitrogen and oxygen atoms in total. The van der Waals surface area contributed by atoms with Crippen LogP contribution < -0.4 is 5.32 Å². The number of aromatic amines is 1. The van der Waals surface area contributed by atoms with Gasteiger partial charge >= 0.3 is 0 Å². The molecule has 0 saturated heterocycles. The second-order valence-electron chi connectivity index (χ2n) is 3.74. The van der Waals surface area contributed by atoms with E-state index in [9.17, 15) is 4.79 Å². The Morgan fingerprint density at radius 3 is 2.82 bits per heavy atom. The van der Waals surface area contributed by atoms with Crippen LogP contribution >= 0.6 is 27.3 Å². The van der Waals surface area contributed by atoms with E-state index in [-0.39, 0.29) is 5.91 Å². The molecule has 0 aromatic carbocycles. The van der Waals surface area contributed by atoms with Gasteiger partial charge < -0.3 is 5.32 Å². The fourth-order valence-corrected chi connectivity index (χ4v) is 3.01. The normalized spacial score (nSPS) is 10.5. The van der Waals surface area contributed by atoms with Gasteiger partial charge in [0.15, 0.2) is 0 Å². The minimum absolute atomic E-state index is 0.0213. The molecule has 2 N–H and O–H groups in total. The molecule has 2 aromatic rings. The number of anilines is 1. The van der Waals surface area contributed by atoms with Crippen LogP contribution in [0.2, 0.25) is 0 Å². The SMILES string of the molecule is Cc1n[nH]c(C)c1NC(=O)Cc1ccc(Br)s1. The van der Waals surface area contributed by atoms with E-state index in [1.807, 2.05) is 26.0 Å². The van der Waals surface area contributed by atoms with Crippen LogP contribution in [-0.2, 0) is 11.2 Å². The number of H-pyrrole nitrogens is 1. The summed E-state index contributed by atoms with van der Waals surface area (Å²) in [6, 6.07) is 3.89. The van der Waals surface area contributed by atoms with Crippen LogP contribution in [0.4, 0.5) is 5.69 Å². The Kier molecular flexibility index (Phi) is 3.63. The van der Waals surface area contributed by atoms with Crippen molar-refractivity contribution in [2.75, 3.05) is 5.32 Å². The summed E-state index contributed by atoms with van der Waals surface area (Å²) in [5, 5.41) is 9.75. The maximum absolute atomic E-state index is 11.8. The molecule has 0 aliphatic rings. The fourth-order valence-electron chi connectivity index (χ4n) is 1.52. The van der Waals surface area contributed by atoms with Crippen molar-refractivity contribution in [1.82, 2.24) is 10.2 Å². The molecule has 0 saturated carbocycles. The lowest BCUT2D eigenvalue weighted by Crippen LogP contribution is -2.14. The first-order valence-electron chi connectivity index (χ1n) is 5.12. The standard InChI is InChI=1S/C11H12BrN3OS/c1-6-11(7(2)15-14-6)13-10(16)5-8-3-4-9(12)17-8/h3-4H,5H2,1-2H3,(H,13,16)(H,14,15). The van der Waals surface area contributed by atoms with Crippen molar-refractivity contribution < 1.29 is 4.79 Å². The molecular weight excluding hydrogens is 302 g/mol. The van der Waals surface area contributed by atoms with E-state index < -0.39 is 0 Å². The molecule has 0 radical (unpaired) electrons. The van der Waals surface area contributed by atoms with Crippen LogP contribution in [0.3, 0.4) is 0 Å². The summed E-state index contributed by atoms with van der Waals surface area (Å²) in [6.07, 6.45) is 0.389. The maximum atomic E-state index is 11.8. The van der Waals surface area contributed by atoms with Gasteiger partial charge in [0.25, 0.3) is 0 Å². The molecule has 0 unspecified atom stereocenters. The highest BCUT2D eigenvalue weighted by atomic mass is 79.9. The summed E-state index contributed by atoms with van der Waals surface area (Å²) in [6.45, 7) is 3.75. The van der Waals surface area contributed by atoms with Gasteiger partial charge in [-0.3, -0.25) is 9.89 Å². The highest BCUT2D eigenvalue weighted by Crippen LogP contribution is 2.23. The average Bonchev–Trinajstić information content (AvgIpc) is 2.79. The van der Waals surface area contributed by atoms with Gasteiger partial charge in [-0.15, -0.1) is 11.3 Å². The lowest BCUT2D eigenvalue weighted by Gasteiger charge is -2.03. The average molecular weight is 314 g/mol. The second kappa shape index (κ2) is 5.01. The zero-order valence-electron chi connectivity index (χ0n) is 9.50. The van der Waals surface area contributed by atoms with E-state index >= 15 is 0 Å². The number of thiophene rings is 1. The molecule has 0 aliphatic carbocycles. The molecule has 0 spiro atoms. The van der Waals surface area contributed by atoms with Gasteiger partial charge in [-0.2, -0.15) is 5.10 Å². The molecule has 17 heavy (non-hydrogen) atoms. The fraction of sp³-hybridized carbons (Fsp3) is 0.273. The van der Waals surface area contributed by atoms with Gasteiger partial charge in [0.05, 0.1) is 27.3 Å². The number of nitrogens with one attached hydrogen (secondary N) is 2. The minimum atomic E-state index is -0.0213. The predicted octanol–water partition coefficient (Wildman–Crippen LogP) is 3.03. The van der Waals surface area contributed by atoms with Crippen molar-refractivity contribution in [2.45, 2.75) is 20.3 Å². The van der Waals surface area contributed by atoms with Gasteiger partial charge in [0, 0.05) is 4.88 Å². The van der Waals surface area contributed by atoms with E-state index in [0.717, 1.165) is 25.7 Å². The van der Waals surface area contributed by atoms with Crippen LogP contribution in [0.15, 0.2) is 15.9 Å². The van der Waals surface area contributed by atoms with Crippen molar-refractivity contribution in [3.05, 3.63) is 32.2 Å². The monoisotopic (exact) mass is 313 g/mol. The van der Waals surface area contributed by atoms with Gasteiger partial charge in [0.1, 0.15) is 0 Å². The Bertz CT molecular complexity index is 527.